The Morgan fingerprint density at radius 3 is 2.67 bits per heavy atom. The van der Waals surface area contributed by atoms with Crippen molar-refractivity contribution in [1.82, 2.24) is 4.72 Å². The molecule has 0 radical (unpaired) electrons. The molecule has 8 heteroatoms. The van der Waals surface area contributed by atoms with Crippen LogP contribution in [0.5, 0.6) is 0 Å². The van der Waals surface area contributed by atoms with E-state index in [-0.39, 0.29) is 29.1 Å². The molecule has 0 aliphatic rings. The van der Waals surface area contributed by atoms with E-state index in [1.807, 2.05) is 0 Å². The van der Waals surface area contributed by atoms with E-state index >= 15 is 0 Å². The molecule has 2 rings (SSSR count). The molecule has 0 saturated heterocycles. The van der Waals surface area contributed by atoms with Crippen LogP contribution in [0.3, 0.4) is 0 Å². The Bertz CT molecular complexity index is 760. The van der Waals surface area contributed by atoms with Crippen LogP contribution in [0.15, 0.2) is 29.2 Å². The van der Waals surface area contributed by atoms with Crippen LogP contribution in [0.1, 0.15) is 16.0 Å². The molecule has 21 heavy (non-hydrogen) atoms. The minimum absolute atomic E-state index is 0.00417. The van der Waals surface area contributed by atoms with Crippen LogP contribution in [-0.2, 0) is 23.1 Å². The van der Waals surface area contributed by atoms with E-state index in [2.05, 4.69) is 4.72 Å². The maximum atomic E-state index is 13.7. The monoisotopic (exact) mass is 348 g/mol. The average Bonchev–Trinajstić information content (AvgIpc) is 2.85. The highest BCUT2D eigenvalue weighted by atomic mass is 35.5. The minimum Gasteiger partial charge on any atom is -0.326 e. The summed E-state index contributed by atoms with van der Waals surface area (Å²) in [5, 5.41) is 0. The second kappa shape index (κ2) is 6.41. The quantitative estimate of drug-likeness (QED) is 0.872. The van der Waals surface area contributed by atoms with Gasteiger partial charge in [0, 0.05) is 23.5 Å². The fourth-order valence-electron chi connectivity index (χ4n) is 1.81. The van der Waals surface area contributed by atoms with E-state index < -0.39 is 15.8 Å². The van der Waals surface area contributed by atoms with Crippen molar-refractivity contribution in [3.8, 4) is 0 Å². The van der Waals surface area contributed by atoms with Crippen molar-refractivity contribution in [1.29, 1.82) is 0 Å². The molecule has 0 atom stereocenters. The number of thiophene rings is 1. The third-order valence-corrected chi connectivity index (χ3v) is 5.51. The summed E-state index contributed by atoms with van der Waals surface area (Å²) in [6.45, 7) is 1.58. The van der Waals surface area contributed by atoms with Crippen molar-refractivity contribution in [3.63, 3.8) is 0 Å². The van der Waals surface area contributed by atoms with E-state index in [9.17, 15) is 12.8 Å². The lowest BCUT2D eigenvalue weighted by molar-refractivity contribution is 0.578. The number of sulfonamides is 1. The predicted octanol–water partition coefficient (Wildman–Crippen LogP) is 2.79. The Labute approximate surface area is 131 Å². The zero-order chi connectivity index (χ0) is 15.6. The number of nitrogens with two attached hydrogens (primary N) is 1. The topological polar surface area (TPSA) is 72.2 Å². The van der Waals surface area contributed by atoms with Gasteiger partial charge >= 0.3 is 0 Å². The molecule has 0 saturated carbocycles. The molecule has 0 spiro atoms. The van der Waals surface area contributed by atoms with Crippen molar-refractivity contribution in [2.24, 2.45) is 5.73 Å². The lowest BCUT2D eigenvalue weighted by Gasteiger charge is -2.10. The number of nitrogens with one attached hydrogen (secondary N) is 1. The summed E-state index contributed by atoms with van der Waals surface area (Å²) in [7, 11) is -3.73. The average molecular weight is 349 g/mol. The molecule has 1 aromatic carbocycles. The van der Waals surface area contributed by atoms with E-state index in [4.69, 9.17) is 17.3 Å². The van der Waals surface area contributed by atoms with Gasteiger partial charge in [0.25, 0.3) is 0 Å². The highest BCUT2D eigenvalue weighted by molar-refractivity contribution is 7.89. The highest BCUT2D eigenvalue weighted by Crippen LogP contribution is 2.23. The largest absolute Gasteiger partial charge is 0.326 e. The third kappa shape index (κ3) is 3.81. The Morgan fingerprint density at radius 1 is 1.38 bits per heavy atom. The maximum absolute atomic E-state index is 13.7. The standard InChI is InChI=1S/C13H14ClFN2O2S2/c1-8-4-11(5-9(6-16)13(8)15)21(18,19)17-7-10-2-3-12(14)20-10/h2-5,17H,6-7,16H2,1H3. The van der Waals surface area contributed by atoms with Gasteiger partial charge in [-0.2, -0.15) is 0 Å². The first-order valence-electron chi connectivity index (χ1n) is 6.06. The summed E-state index contributed by atoms with van der Waals surface area (Å²) in [5.41, 5.74) is 5.85. The molecule has 2 aromatic rings. The van der Waals surface area contributed by atoms with Gasteiger partial charge in [-0.1, -0.05) is 11.6 Å². The SMILES string of the molecule is Cc1cc(S(=O)(=O)NCc2ccc(Cl)s2)cc(CN)c1F. The van der Waals surface area contributed by atoms with Gasteiger partial charge in [0.05, 0.1) is 9.23 Å². The van der Waals surface area contributed by atoms with E-state index in [1.54, 1.807) is 12.1 Å². The van der Waals surface area contributed by atoms with Crippen LogP contribution in [0, 0.1) is 12.7 Å². The molecule has 0 bridgehead atoms. The van der Waals surface area contributed by atoms with Crippen LogP contribution in [0.4, 0.5) is 4.39 Å². The molecule has 1 heterocycles. The Hall–Kier alpha value is -0.990. The number of halogens is 2. The highest BCUT2D eigenvalue weighted by Gasteiger charge is 2.18. The normalized spacial score (nSPS) is 11.8. The third-order valence-electron chi connectivity index (χ3n) is 2.90. The fourth-order valence-corrected chi connectivity index (χ4v) is 4.07. The van der Waals surface area contributed by atoms with Crippen molar-refractivity contribution in [2.45, 2.75) is 24.9 Å². The summed E-state index contributed by atoms with van der Waals surface area (Å²) < 4.78 is 41.3. The molecule has 0 amide bonds. The lowest BCUT2D eigenvalue weighted by atomic mass is 10.1. The van der Waals surface area contributed by atoms with E-state index in [0.717, 1.165) is 4.88 Å². The molecule has 1 aromatic heterocycles. The Balaban J connectivity index is 2.25. The van der Waals surface area contributed by atoms with Crippen LogP contribution in [-0.4, -0.2) is 8.42 Å². The maximum Gasteiger partial charge on any atom is 0.240 e. The number of rotatable bonds is 5. The zero-order valence-corrected chi connectivity index (χ0v) is 13.6. The first kappa shape index (κ1) is 16.4. The summed E-state index contributed by atoms with van der Waals surface area (Å²) in [5.74, 6) is -0.471. The molecule has 4 nitrogen and oxygen atoms in total. The first-order valence-corrected chi connectivity index (χ1v) is 8.74. The number of hydrogen-bond acceptors (Lipinski definition) is 4. The van der Waals surface area contributed by atoms with Crippen molar-refractivity contribution >= 4 is 33.0 Å². The molecule has 3 N–H and O–H groups in total. The van der Waals surface area contributed by atoms with Crippen LogP contribution < -0.4 is 10.5 Å². The second-order valence-electron chi connectivity index (χ2n) is 4.45. The van der Waals surface area contributed by atoms with Gasteiger partial charge in [-0.05, 0) is 36.8 Å². The van der Waals surface area contributed by atoms with Crippen LogP contribution in [0.25, 0.3) is 0 Å². The smallest absolute Gasteiger partial charge is 0.240 e. The van der Waals surface area contributed by atoms with Crippen LogP contribution in [0.2, 0.25) is 4.34 Å². The summed E-state index contributed by atoms with van der Waals surface area (Å²) in [6, 6.07) is 5.99. The summed E-state index contributed by atoms with van der Waals surface area (Å²) in [6.07, 6.45) is 0. The minimum atomic E-state index is -3.73. The molecule has 0 aliphatic carbocycles. The molecular weight excluding hydrogens is 335 g/mol. The van der Waals surface area contributed by atoms with E-state index in [0.29, 0.717) is 4.34 Å². The van der Waals surface area contributed by atoms with Gasteiger partial charge in [-0.3, -0.25) is 0 Å². The number of aryl methyl sites for hydroxylation is 1. The molecule has 0 fully saturated rings. The summed E-state index contributed by atoms with van der Waals surface area (Å²) >= 11 is 7.09. The molecular formula is C13H14ClFN2O2S2. The number of benzene rings is 1. The Kier molecular flexibility index (Phi) is 5.00. The van der Waals surface area contributed by atoms with Gasteiger partial charge in [-0.15, -0.1) is 11.3 Å². The molecule has 114 valence electrons. The van der Waals surface area contributed by atoms with Crippen molar-refractivity contribution in [2.75, 3.05) is 0 Å². The number of hydrogen-bond donors (Lipinski definition) is 2. The van der Waals surface area contributed by atoms with Gasteiger partial charge < -0.3 is 5.73 Å². The van der Waals surface area contributed by atoms with Crippen LogP contribution >= 0.6 is 22.9 Å². The van der Waals surface area contributed by atoms with Gasteiger partial charge in [0.15, 0.2) is 0 Å². The second-order valence-corrected chi connectivity index (χ2v) is 8.01. The van der Waals surface area contributed by atoms with Crippen molar-refractivity contribution < 1.29 is 12.8 Å². The van der Waals surface area contributed by atoms with Gasteiger partial charge in [-0.25, -0.2) is 17.5 Å². The van der Waals surface area contributed by atoms with Gasteiger partial charge in [0.2, 0.25) is 10.0 Å². The van der Waals surface area contributed by atoms with Gasteiger partial charge in [0.1, 0.15) is 5.82 Å². The summed E-state index contributed by atoms with van der Waals surface area (Å²) in [4.78, 5) is 0.797. The lowest BCUT2D eigenvalue weighted by Crippen LogP contribution is -2.23. The predicted molar refractivity (Wildman–Crippen MR) is 82.4 cm³/mol. The molecule has 0 aliphatic heterocycles. The first-order chi connectivity index (χ1) is 9.83. The van der Waals surface area contributed by atoms with E-state index in [1.165, 1.54) is 30.4 Å². The Morgan fingerprint density at radius 2 is 2.10 bits per heavy atom. The van der Waals surface area contributed by atoms with Crippen molar-refractivity contribution in [3.05, 3.63) is 50.4 Å². The zero-order valence-electron chi connectivity index (χ0n) is 11.2. The molecule has 0 unspecified atom stereocenters. The fraction of sp³-hybridized carbons (Fsp3) is 0.231.